The van der Waals surface area contributed by atoms with Crippen LogP contribution >= 0.6 is 0 Å². The van der Waals surface area contributed by atoms with Gasteiger partial charge < -0.3 is 9.47 Å². The number of carbonyl (C=O) groups is 2. The zero-order valence-corrected chi connectivity index (χ0v) is 17.8. The number of hydrogen-bond acceptors (Lipinski definition) is 9. The fourth-order valence-corrected chi connectivity index (χ4v) is 7.61. The fraction of sp³-hybridized carbons (Fsp3) is 0.882. The Kier molecular flexibility index (Phi) is 5.59. The highest BCUT2D eigenvalue weighted by molar-refractivity contribution is 7.87. The van der Waals surface area contributed by atoms with Gasteiger partial charge in [-0.25, -0.2) is 0 Å². The summed E-state index contributed by atoms with van der Waals surface area (Å²) in [6, 6.07) is 0. The monoisotopic (exact) mass is 488 g/mol. The van der Waals surface area contributed by atoms with Crippen LogP contribution in [-0.2, 0) is 43.5 Å². The van der Waals surface area contributed by atoms with Crippen LogP contribution in [0.15, 0.2) is 0 Å². The van der Waals surface area contributed by atoms with Gasteiger partial charge in [-0.1, -0.05) is 19.3 Å². The van der Waals surface area contributed by atoms with Gasteiger partial charge in [0, 0.05) is 11.8 Å². The molecule has 176 valence electrons. The SMILES string of the molecule is O=C(OC1C2CC3C1OS(=O)(=O)C3C2C(=O)OCC(F)(F)S(=O)(=O)O)C1CCCCC1. The molecule has 6 unspecified atom stereocenters. The second-order valence-corrected chi connectivity index (χ2v) is 11.8. The van der Waals surface area contributed by atoms with E-state index in [9.17, 15) is 35.2 Å². The topological polar surface area (TPSA) is 150 Å². The first-order valence-electron chi connectivity index (χ1n) is 9.97. The Balaban J connectivity index is 1.52. The summed E-state index contributed by atoms with van der Waals surface area (Å²) in [5, 5.41) is -6.10. The summed E-state index contributed by atoms with van der Waals surface area (Å²) in [7, 11) is -10.1. The smallest absolute Gasteiger partial charge is 0.402 e. The number of ether oxygens (including phenoxy) is 2. The lowest BCUT2D eigenvalue weighted by Gasteiger charge is -2.31. The summed E-state index contributed by atoms with van der Waals surface area (Å²) in [4.78, 5) is 25.1. The van der Waals surface area contributed by atoms with Crippen molar-refractivity contribution in [2.24, 2.45) is 23.7 Å². The van der Waals surface area contributed by atoms with Gasteiger partial charge in [-0.05, 0) is 19.3 Å². The lowest BCUT2D eigenvalue weighted by molar-refractivity contribution is -0.170. The molecule has 1 N–H and O–H groups in total. The third kappa shape index (κ3) is 3.85. The summed E-state index contributed by atoms with van der Waals surface area (Å²) in [6.07, 6.45) is 2.18. The summed E-state index contributed by atoms with van der Waals surface area (Å²) in [6.45, 7) is -1.97. The minimum Gasteiger partial charge on any atom is -0.459 e. The molecule has 31 heavy (non-hydrogen) atoms. The molecule has 3 aliphatic carbocycles. The van der Waals surface area contributed by atoms with E-state index in [-0.39, 0.29) is 12.3 Å². The minimum atomic E-state index is -5.83. The number of alkyl halides is 2. The molecule has 1 saturated heterocycles. The van der Waals surface area contributed by atoms with E-state index in [1.165, 1.54) is 0 Å². The van der Waals surface area contributed by atoms with Crippen molar-refractivity contribution < 1.29 is 53.4 Å². The molecule has 1 heterocycles. The Morgan fingerprint density at radius 2 is 1.74 bits per heavy atom. The van der Waals surface area contributed by atoms with Gasteiger partial charge in [-0.3, -0.25) is 18.3 Å². The highest BCUT2D eigenvalue weighted by Crippen LogP contribution is 2.59. The molecule has 10 nitrogen and oxygen atoms in total. The fourth-order valence-electron chi connectivity index (χ4n) is 5.35. The first kappa shape index (κ1) is 22.8. The van der Waals surface area contributed by atoms with Crippen LogP contribution in [0, 0.1) is 23.7 Å². The molecule has 0 aromatic heterocycles. The quantitative estimate of drug-likeness (QED) is 0.324. The van der Waals surface area contributed by atoms with Gasteiger partial charge in [-0.2, -0.15) is 25.6 Å². The Labute approximate surface area is 177 Å². The van der Waals surface area contributed by atoms with Crippen LogP contribution in [0.4, 0.5) is 8.78 Å². The number of fused-ring (bicyclic) bond motifs is 1. The molecule has 0 aromatic rings. The molecular weight excluding hydrogens is 466 g/mol. The van der Waals surface area contributed by atoms with E-state index in [0.717, 1.165) is 19.3 Å². The highest BCUT2D eigenvalue weighted by atomic mass is 32.2. The van der Waals surface area contributed by atoms with E-state index in [4.69, 9.17) is 13.5 Å². The lowest BCUT2D eigenvalue weighted by Crippen LogP contribution is -2.47. The molecule has 3 saturated carbocycles. The van der Waals surface area contributed by atoms with E-state index < -0.39 is 79.2 Å². The molecule has 0 radical (unpaired) electrons. The van der Waals surface area contributed by atoms with Crippen molar-refractivity contribution in [3.8, 4) is 0 Å². The van der Waals surface area contributed by atoms with Gasteiger partial charge in [0.05, 0.1) is 11.8 Å². The van der Waals surface area contributed by atoms with Crippen LogP contribution in [0.25, 0.3) is 0 Å². The zero-order chi connectivity index (χ0) is 22.8. The Morgan fingerprint density at radius 3 is 2.35 bits per heavy atom. The number of carbonyl (C=O) groups excluding carboxylic acids is 2. The Morgan fingerprint density at radius 1 is 1.10 bits per heavy atom. The van der Waals surface area contributed by atoms with Crippen LogP contribution in [0.5, 0.6) is 0 Å². The number of hydrogen-bond donors (Lipinski definition) is 1. The molecule has 0 amide bonds. The number of halogens is 2. The van der Waals surface area contributed by atoms with E-state index in [0.29, 0.717) is 12.8 Å². The van der Waals surface area contributed by atoms with Crippen molar-refractivity contribution in [3.05, 3.63) is 0 Å². The molecule has 4 rings (SSSR count). The Hall–Kier alpha value is -1.38. The van der Waals surface area contributed by atoms with Gasteiger partial charge in [-0.15, -0.1) is 0 Å². The molecule has 2 bridgehead atoms. The Bertz CT molecular complexity index is 973. The number of rotatable bonds is 6. The number of esters is 2. The predicted molar refractivity (Wildman–Crippen MR) is 96.6 cm³/mol. The lowest BCUT2D eigenvalue weighted by atomic mass is 9.84. The average Bonchev–Trinajstić information content (AvgIpc) is 3.28. The molecule has 0 aromatic carbocycles. The second kappa shape index (κ2) is 7.59. The van der Waals surface area contributed by atoms with E-state index >= 15 is 0 Å². The van der Waals surface area contributed by atoms with Crippen molar-refractivity contribution >= 4 is 32.2 Å². The van der Waals surface area contributed by atoms with E-state index in [2.05, 4.69) is 4.74 Å². The predicted octanol–water partition coefficient (Wildman–Crippen LogP) is 0.865. The normalized spacial score (nSPS) is 37.0. The maximum absolute atomic E-state index is 13.4. The van der Waals surface area contributed by atoms with Crippen molar-refractivity contribution in [1.29, 1.82) is 0 Å². The van der Waals surface area contributed by atoms with Crippen LogP contribution < -0.4 is 0 Å². The standard InChI is InChI=1S/C17H22F2O10S2/c18-17(19,31(24,25)26)7-27-16(21)11-9-6-10-13(29-30(22,23)14(10)11)12(9)28-15(20)8-4-2-1-3-5-8/h8-14H,1-7H2,(H,24,25,26). The van der Waals surface area contributed by atoms with Crippen LogP contribution in [0.1, 0.15) is 38.5 Å². The van der Waals surface area contributed by atoms with Crippen molar-refractivity contribution in [1.82, 2.24) is 0 Å². The van der Waals surface area contributed by atoms with Gasteiger partial charge in [0.2, 0.25) is 0 Å². The highest BCUT2D eigenvalue weighted by Gasteiger charge is 2.72. The van der Waals surface area contributed by atoms with Crippen molar-refractivity contribution in [2.45, 2.75) is 61.2 Å². The first-order valence-corrected chi connectivity index (χ1v) is 12.9. The third-order valence-electron chi connectivity index (χ3n) is 6.75. The molecule has 6 atom stereocenters. The molecule has 14 heteroatoms. The summed E-state index contributed by atoms with van der Waals surface area (Å²) in [5.41, 5.74) is 0. The largest absolute Gasteiger partial charge is 0.459 e. The van der Waals surface area contributed by atoms with Gasteiger partial charge in [0.15, 0.2) is 6.61 Å². The minimum absolute atomic E-state index is 0.158. The molecule has 4 aliphatic rings. The van der Waals surface area contributed by atoms with Gasteiger partial charge >= 0.3 is 27.3 Å². The van der Waals surface area contributed by atoms with E-state index in [1.807, 2.05) is 0 Å². The maximum atomic E-state index is 13.4. The molecular formula is C17H22F2O10S2. The summed E-state index contributed by atoms with van der Waals surface area (Å²) in [5.74, 6) is -5.15. The summed E-state index contributed by atoms with van der Waals surface area (Å²) >= 11 is 0. The molecule has 0 spiro atoms. The van der Waals surface area contributed by atoms with Crippen LogP contribution in [0.3, 0.4) is 0 Å². The summed E-state index contributed by atoms with van der Waals surface area (Å²) < 4.78 is 96.8. The average molecular weight is 488 g/mol. The van der Waals surface area contributed by atoms with Gasteiger partial charge in [0.25, 0.3) is 10.1 Å². The maximum Gasteiger partial charge on any atom is 0.402 e. The molecule has 4 fully saturated rings. The third-order valence-corrected chi connectivity index (χ3v) is 9.42. The first-order chi connectivity index (χ1) is 14.3. The van der Waals surface area contributed by atoms with Gasteiger partial charge in [0.1, 0.15) is 17.5 Å². The van der Waals surface area contributed by atoms with Crippen LogP contribution in [0.2, 0.25) is 0 Å². The van der Waals surface area contributed by atoms with Crippen LogP contribution in [-0.4, -0.2) is 62.6 Å². The van der Waals surface area contributed by atoms with E-state index in [1.54, 1.807) is 0 Å². The second-order valence-electron chi connectivity index (χ2n) is 8.56. The van der Waals surface area contributed by atoms with Crippen molar-refractivity contribution in [3.63, 3.8) is 0 Å². The van der Waals surface area contributed by atoms with Crippen molar-refractivity contribution in [2.75, 3.05) is 6.61 Å². The molecule has 1 aliphatic heterocycles. The zero-order valence-electron chi connectivity index (χ0n) is 16.2.